The van der Waals surface area contributed by atoms with Crippen LogP contribution in [0, 0.1) is 13.8 Å². The Balaban J connectivity index is 1.83. The third-order valence-corrected chi connectivity index (χ3v) is 3.77. The highest BCUT2D eigenvalue weighted by Crippen LogP contribution is 2.22. The predicted octanol–water partition coefficient (Wildman–Crippen LogP) is 5.05. The molecule has 0 fully saturated rings. The van der Waals surface area contributed by atoms with Gasteiger partial charge in [-0.3, -0.25) is 4.79 Å². The van der Waals surface area contributed by atoms with E-state index in [4.69, 9.17) is 23.2 Å². The molecule has 0 aliphatic carbocycles. The molecule has 0 saturated heterocycles. The summed E-state index contributed by atoms with van der Waals surface area (Å²) in [6, 6.07) is 11.1. The molecule has 22 heavy (non-hydrogen) atoms. The number of carbonyl (C=O) groups is 1. The van der Waals surface area contributed by atoms with Gasteiger partial charge in [0.1, 0.15) is 0 Å². The number of benzene rings is 2. The molecule has 3 nitrogen and oxygen atoms in total. The fourth-order valence-electron chi connectivity index (χ4n) is 2.02. The van der Waals surface area contributed by atoms with E-state index in [1.165, 1.54) is 5.56 Å². The van der Waals surface area contributed by atoms with Crippen molar-refractivity contribution in [3.63, 3.8) is 0 Å². The zero-order valence-electron chi connectivity index (χ0n) is 12.5. The van der Waals surface area contributed by atoms with Gasteiger partial charge in [0, 0.05) is 34.4 Å². The Morgan fingerprint density at radius 3 is 2.27 bits per heavy atom. The van der Waals surface area contributed by atoms with E-state index in [1.807, 2.05) is 32.0 Å². The molecule has 1 amide bonds. The minimum absolute atomic E-state index is 0.0381. The summed E-state index contributed by atoms with van der Waals surface area (Å²) >= 11 is 11.8. The van der Waals surface area contributed by atoms with Gasteiger partial charge in [0.25, 0.3) is 0 Å². The standard InChI is InChI=1S/C17H18Cl2N2O/c1-11-3-4-15(7-12(11)2)21-17(22)5-6-20-16-9-13(18)8-14(19)10-16/h3-4,7-10,20H,5-6H2,1-2H3,(H,21,22). The van der Waals surface area contributed by atoms with E-state index in [0.717, 1.165) is 16.9 Å². The quantitative estimate of drug-likeness (QED) is 0.801. The maximum Gasteiger partial charge on any atom is 0.226 e. The Kier molecular flexibility index (Phi) is 5.69. The molecular weight excluding hydrogens is 319 g/mol. The summed E-state index contributed by atoms with van der Waals surface area (Å²) in [6.45, 7) is 4.57. The van der Waals surface area contributed by atoms with Crippen LogP contribution in [0.3, 0.4) is 0 Å². The van der Waals surface area contributed by atoms with E-state index in [-0.39, 0.29) is 5.91 Å². The van der Waals surface area contributed by atoms with Gasteiger partial charge in [-0.2, -0.15) is 0 Å². The summed E-state index contributed by atoms with van der Waals surface area (Å²) in [5.74, 6) is -0.0381. The third-order valence-electron chi connectivity index (χ3n) is 3.33. The monoisotopic (exact) mass is 336 g/mol. The molecule has 0 unspecified atom stereocenters. The van der Waals surface area contributed by atoms with Crippen LogP contribution in [0.25, 0.3) is 0 Å². The topological polar surface area (TPSA) is 41.1 Å². The van der Waals surface area contributed by atoms with Crippen LogP contribution in [0.15, 0.2) is 36.4 Å². The van der Waals surface area contributed by atoms with Gasteiger partial charge in [-0.15, -0.1) is 0 Å². The van der Waals surface area contributed by atoms with Gasteiger partial charge in [-0.05, 0) is 55.3 Å². The number of amides is 1. The number of carbonyl (C=O) groups excluding carboxylic acids is 1. The van der Waals surface area contributed by atoms with Crippen LogP contribution in [-0.2, 0) is 4.79 Å². The van der Waals surface area contributed by atoms with Gasteiger partial charge < -0.3 is 10.6 Å². The normalized spacial score (nSPS) is 10.4. The number of aryl methyl sites for hydroxylation is 2. The van der Waals surface area contributed by atoms with E-state index in [0.29, 0.717) is 23.0 Å². The van der Waals surface area contributed by atoms with Crippen molar-refractivity contribution >= 4 is 40.5 Å². The minimum atomic E-state index is -0.0381. The molecule has 0 aliphatic heterocycles. The summed E-state index contributed by atoms with van der Waals surface area (Å²) in [4.78, 5) is 11.9. The van der Waals surface area contributed by atoms with E-state index < -0.39 is 0 Å². The van der Waals surface area contributed by atoms with Crippen LogP contribution >= 0.6 is 23.2 Å². The molecule has 0 saturated carbocycles. The van der Waals surface area contributed by atoms with Crippen molar-refractivity contribution in [2.24, 2.45) is 0 Å². The SMILES string of the molecule is Cc1ccc(NC(=O)CCNc2cc(Cl)cc(Cl)c2)cc1C. The van der Waals surface area contributed by atoms with Gasteiger partial charge in [-0.1, -0.05) is 29.3 Å². The van der Waals surface area contributed by atoms with E-state index in [1.54, 1.807) is 18.2 Å². The summed E-state index contributed by atoms with van der Waals surface area (Å²) in [6.07, 6.45) is 0.358. The van der Waals surface area contributed by atoms with Gasteiger partial charge in [0.15, 0.2) is 0 Å². The molecule has 2 rings (SSSR count). The second-order valence-corrected chi connectivity index (χ2v) is 6.05. The molecule has 0 radical (unpaired) electrons. The molecule has 2 aromatic rings. The Hall–Kier alpha value is -1.71. The first-order chi connectivity index (χ1) is 10.4. The van der Waals surface area contributed by atoms with E-state index in [9.17, 15) is 4.79 Å². The van der Waals surface area contributed by atoms with Crippen LogP contribution in [0.2, 0.25) is 10.0 Å². The number of hydrogen-bond acceptors (Lipinski definition) is 2. The maximum atomic E-state index is 11.9. The van der Waals surface area contributed by atoms with Crippen molar-refractivity contribution in [1.29, 1.82) is 0 Å². The summed E-state index contributed by atoms with van der Waals surface area (Å²) in [5, 5.41) is 7.15. The molecule has 2 aromatic carbocycles. The fourth-order valence-corrected chi connectivity index (χ4v) is 2.54. The largest absolute Gasteiger partial charge is 0.384 e. The maximum absolute atomic E-state index is 11.9. The first-order valence-electron chi connectivity index (χ1n) is 7.01. The Morgan fingerprint density at radius 2 is 1.64 bits per heavy atom. The molecule has 2 N–H and O–H groups in total. The lowest BCUT2D eigenvalue weighted by Gasteiger charge is -2.09. The second kappa shape index (κ2) is 7.52. The first-order valence-corrected chi connectivity index (χ1v) is 7.77. The molecule has 0 aliphatic rings. The van der Waals surface area contributed by atoms with E-state index in [2.05, 4.69) is 10.6 Å². The average Bonchev–Trinajstić information content (AvgIpc) is 2.42. The lowest BCUT2D eigenvalue weighted by Crippen LogP contribution is -2.16. The first kappa shape index (κ1) is 16.7. The van der Waals surface area contributed by atoms with Crippen molar-refractivity contribution in [3.8, 4) is 0 Å². The lowest BCUT2D eigenvalue weighted by atomic mass is 10.1. The highest BCUT2D eigenvalue weighted by Gasteiger charge is 2.04. The highest BCUT2D eigenvalue weighted by atomic mass is 35.5. The number of rotatable bonds is 5. The third kappa shape index (κ3) is 4.93. The summed E-state index contributed by atoms with van der Waals surface area (Å²) in [5.41, 5.74) is 3.98. The molecule has 116 valence electrons. The van der Waals surface area contributed by atoms with Crippen LogP contribution in [0.5, 0.6) is 0 Å². The van der Waals surface area contributed by atoms with Crippen LogP contribution < -0.4 is 10.6 Å². The molecule has 0 heterocycles. The van der Waals surface area contributed by atoms with Crippen molar-refractivity contribution < 1.29 is 4.79 Å². The average molecular weight is 337 g/mol. The Morgan fingerprint density at radius 1 is 0.955 bits per heavy atom. The fraction of sp³-hybridized carbons (Fsp3) is 0.235. The zero-order valence-corrected chi connectivity index (χ0v) is 14.1. The highest BCUT2D eigenvalue weighted by molar-refractivity contribution is 6.35. The van der Waals surface area contributed by atoms with Crippen molar-refractivity contribution in [1.82, 2.24) is 0 Å². The van der Waals surface area contributed by atoms with Gasteiger partial charge in [-0.25, -0.2) is 0 Å². The van der Waals surface area contributed by atoms with E-state index >= 15 is 0 Å². The molecule has 5 heteroatoms. The van der Waals surface area contributed by atoms with Crippen LogP contribution in [0.1, 0.15) is 17.5 Å². The second-order valence-electron chi connectivity index (χ2n) is 5.18. The zero-order chi connectivity index (χ0) is 16.1. The van der Waals surface area contributed by atoms with Crippen molar-refractivity contribution in [3.05, 3.63) is 57.6 Å². The summed E-state index contributed by atoms with van der Waals surface area (Å²) in [7, 11) is 0. The molecule has 0 spiro atoms. The Labute approximate surface area is 140 Å². The van der Waals surface area contributed by atoms with Crippen molar-refractivity contribution in [2.45, 2.75) is 20.3 Å². The van der Waals surface area contributed by atoms with Crippen LogP contribution in [0.4, 0.5) is 11.4 Å². The Bertz CT molecular complexity index is 666. The number of halogens is 2. The number of hydrogen-bond donors (Lipinski definition) is 2. The van der Waals surface area contributed by atoms with Crippen LogP contribution in [-0.4, -0.2) is 12.5 Å². The van der Waals surface area contributed by atoms with Gasteiger partial charge in [0.2, 0.25) is 5.91 Å². The number of anilines is 2. The smallest absolute Gasteiger partial charge is 0.226 e. The lowest BCUT2D eigenvalue weighted by molar-refractivity contribution is -0.115. The van der Waals surface area contributed by atoms with Gasteiger partial charge in [0.05, 0.1) is 0 Å². The minimum Gasteiger partial charge on any atom is -0.384 e. The molecule has 0 atom stereocenters. The predicted molar refractivity (Wildman–Crippen MR) is 94.1 cm³/mol. The summed E-state index contributed by atoms with van der Waals surface area (Å²) < 4.78 is 0. The van der Waals surface area contributed by atoms with Crippen molar-refractivity contribution in [2.75, 3.05) is 17.2 Å². The number of nitrogens with one attached hydrogen (secondary N) is 2. The molecule has 0 aromatic heterocycles. The molecular formula is C17H18Cl2N2O. The molecule has 0 bridgehead atoms. The van der Waals surface area contributed by atoms with Gasteiger partial charge >= 0.3 is 0 Å².